The summed E-state index contributed by atoms with van der Waals surface area (Å²) in [6.45, 7) is 0.961. The highest BCUT2D eigenvalue weighted by Crippen LogP contribution is 2.00. The number of likely N-dealkylation sites (N-methyl/N-ethyl adjacent to an activating group) is 1. The van der Waals surface area contributed by atoms with Crippen molar-refractivity contribution in [1.82, 2.24) is 10.6 Å². The second-order valence-electron chi connectivity index (χ2n) is 3.59. The lowest BCUT2D eigenvalue weighted by Crippen LogP contribution is -2.34. The number of hydrogen-bond donors (Lipinski definition) is 3. The van der Waals surface area contributed by atoms with Crippen LogP contribution in [0.1, 0.15) is 25.7 Å². The molecule has 0 aliphatic heterocycles. The fraction of sp³-hybridized carbons (Fsp3) is 0.800. The quantitative estimate of drug-likeness (QED) is 0.331. The fourth-order valence-electron chi connectivity index (χ4n) is 1.33. The number of carbonyl (C=O) groups excluding carboxylic acids is 2. The SMILES string of the molecule is CN[C@@H](CCCCNC(=O)CCN)C(=O)[OH2+]. The van der Waals surface area contributed by atoms with E-state index < -0.39 is 5.97 Å². The Morgan fingerprint density at radius 3 is 2.56 bits per heavy atom. The van der Waals surface area contributed by atoms with Gasteiger partial charge in [-0.3, -0.25) is 4.79 Å². The maximum absolute atomic E-state index is 11.0. The molecule has 16 heavy (non-hydrogen) atoms. The van der Waals surface area contributed by atoms with Crippen LogP contribution in [-0.4, -0.2) is 43.2 Å². The molecule has 0 radical (unpaired) electrons. The average molecular weight is 232 g/mol. The molecule has 0 aromatic carbocycles. The molecule has 0 saturated heterocycles. The fourth-order valence-corrected chi connectivity index (χ4v) is 1.33. The Balaban J connectivity index is 3.45. The van der Waals surface area contributed by atoms with Crippen LogP contribution in [0, 0.1) is 0 Å². The van der Waals surface area contributed by atoms with E-state index in [2.05, 4.69) is 10.6 Å². The van der Waals surface area contributed by atoms with Crippen molar-refractivity contribution in [1.29, 1.82) is 0 Å². The van der Waals surface area contributed by atoms with Gasteiger partial charge < -0.3 is 21.5 Å². The smallest absolute Gasteiger partial charge is 0.533 e. The number of nitrogens with two attached hydrogens (primary N) is 1. The van der Waals surface area contributed by atoms with E-state index in [0.29, 0.717) is 25.9 Å². The van der Waals surface area contributed by atoms with Crippen molar-refractivity contribution in [3.05, 3.63) is 0 Å². The van der Waals surface area contributed by atoms with Gasteiger partial charge in [-0.15, -0.1) is 0 Å². The Hall–Kier alpha value is -1.14. The van der Waals surface area contributed by atoms with Crippen LogP contribution in [0.3, 0.4) is 0 Å². The Labute approximate surface area is 95.6 Å². The van der Waals surface area contributed by atoms with E-state index in [1.54, 1.807) is 7.05 Å². The van der Waals surface area contributed by atoms with Gasteiger partial charge in [0.1, 0.15) is 0 Å². The minimum atomic E-state index is -0.588. The van der Waals surface area contributed by atoms with Crippen molar-refractivity contribution in [3.8, 4) is 0 Å². The van der Waals surface area contributed by atoms with Gasteiger partial charge in [-0.05, 0) is 26.3 Å². The minimum Gasteiger partial charge on any atom is -0.564 e. The van der Waals surface area contributed by atoms with Crippen LogP contribution in [0.4, 0.5) is 0 Å². The summed E-state index contributed by atoms with van der Waals surface area (Å²) in [4.78, 5) is 21.8. The topological polar surface area (TPSA) is 107 Å². The van der Waals surface area contributed by atoms with Crippen LogP contribution in [0.5, 0.6) is 0 Å². The summed E-state index contributed by atoms with van der Waals surface area (Å²) < 4.78 is 0. The highest BCUT2D eigenvalue weighted by atomic mass is 16.4. The molecule has 0 aliphatic carbocycles. The monoisotopic (exact) mass is 232 g/mol. The molecule has 0 aromatic rings. The molecule has 6 heteroatoms. The summed E-state index contributed by atoms with van der Waals surface area (Å²) in [7, 11) is 1.67. The number of nitrogens with one attached hydrogen (secondary N) is 2. The van der Waals surface area contributed by atoms with Gasteiger partial charge in [0, 0.05) is 24.3 Å². The Morgan fingerprint density at radius 2 is 2.06 bits per heavy atom. The maximum atomic E-state index is 11.0. The van der Waals surface area contributed by atoms with E-state index >= 15 is 0 Å². The summed E-state index contributed by atoms with van der Waals surface area (Å²) in [5.41, 5.74) is 5.22. The molecule has 0 spiro atoms. The lowest BCUT2D eigenvalue weighted by atomic mass is 10.1. The molecule has 0 saturated carbocycles. The molecule has 94 valence electrons. The van der Waals surface area contributed by atoms with Crippen molar-refractivity contribution >= 4 is 11.9 Å². The molecule has 6 N–H and O–H groups in total. The summed E-state index contributed by atoms with van der Waals surface area (Å²) in [5, 5.41) is 12.5. The lowest BCUT2D eigenvalue weighted by molar-refractivity contribution is -0.139. The van der Waals surface area contributed by atoms with Crippen molar-refractivity contribution < 1.29 is 14.7 Å². The molecule has 0 aromatic heterocycles. The lowest BCUT2D eigenvalue weighted by Gasteiger charge is -2.07. The predicted octanol–water partition coefficient (Wildman–Crippen LogP) is -1.54. The third kappa shape index (κ3) is 7.19. The van der Waals surface area contributed by atoms with Gasteiger partial charge in [0.05, 0.1) is 0 Å². The number of unbranched alkanes of at least 4 members (excludes halogenated alkanes) is 1. The molecular formula is C10H22N3O3+. The molecular weight excluding hydrogens is 210 g/mol. The standard InChI is InChI=1S/C10H21N3O3/c1-12-8(10(15)16)4-2-3-7-13-9(14)5-6-11/h8,12H,2-7,11H2,1H3,(H,13,14)(H,15,16)/p+1/t8-/m0/s1. The summed E-state index contributed by atoms with van der Waals surface area (Å²) >= 11 is 0. The first-order chi connectivity index (χ1) is 7.61. The third-order valence-electron chi connectivity index (χ3n) is 2.28. The van der Waals surface area contributed by atoms with E-state index in [0.717, 1.165) is 12.8 Å². The zero-order valence-corrected chi connectivity index (χ0v) is 9.71. The van der Waals surface area contributed by atoms with Crippen molar-refractivity contribution in [2.45, 2.75) is 31.7 Å². The zero-order chi connectivity index (χ0) is 12.4. The Kier molecular flexibility index (Phi) is 8.46. The summed E-state index contributed by atoms with van der Waals surface area (Å²) in [6, 6.07) is -0.389. The minimum absolute atomic E-state index is 0.0377. The van der Waals surface area contributed by atoms with Gasteiger partial charge in [0.2, 0.25) is 5.91 Å². The second kappa shape index (κ2) is 9.11. The maximum Gasteiger partial charge on any atom is 0.533 e. The largest absolute Gasteiger partial charge is 0.564 e. The first kappa shape index (κ1) is 14.9. The van der Waals surface area contributed by atoms with Crippen LogP contribution >= 0.6 is 0 Å². The number of rotatable bonds is 9. The average Bonchev–Trinajstić information content (AvgIpc) is 2.23. The van der Waals surface area contributed by atoms with E-state index in [1.807, 2.05) is 0 Å². The van der Waals surface area contributed by atoms with Crippen molar-refractivity contribution in [3.63, 3.8) is 0 Å². The van der Waals surface area contributed by atoms with E-state index in [4.69, 9.17) is 10.8 Å². The molecule has 0 bridgehead atoms. The second-order valence-corrected chi connectivity index (χ2v) is 3.59. The van der Waals surface area contributed by atoms with Crippen molar-refractivity contribution in [2.24, 2.45) is 5.73 Å². The van der Waals surface area contributed by atoms with E-state index in [-0.39, 0.29) is 11.9 Å². The summed E-state index contributed by atoms with van der Waals surface area (Å²) in [5.74, 6) is -0.626. The molecule has 0 heterocycles. The highest BCUT2D eigenvalue weighted by molar-refractivity contribution is 5.76. The molecule has 0 aliphatic rings. The molecule has 6 nitrogen and oxygen atoms in total. The van der Waals surface area contributed by atoms with Gasteiger partial charge in [-0.1, -0.05) is 0 Å². The Morgan fingerprint density at radius 1 is 1.38 bits per heavy atom. The van der Waals surface area contributed by atoms with E-state index in [9.17, 15) is 9.59 Å². The number of amides is 1. The molecule has 0 rings (SSSR count). The molecule has 0 unspecified atom stereocenters. The van der Waals surface area contributed by atoms with Gasteiger partial charge >= 0.3 is 5.97 Å². The first-order valence-electron chi connectivity index (χ1n) is 5.51. The molecule has 1 amide bonds. The molecule has 0 fully saturated rings. The van der Waals surface area contributed by atoms with Crippen LogP contribution in [0.15, 0.2) is 0 Å². The van der Waals surface area contributed by atoms with E-state index in [1.165, 1.54) is 0 Å². The number of hydrogen-bond acceptors (Lipinski definition) is 4. The van der Waals surface area contributed by atoms with Gasteiger partial charge in [0.15, 0.2) is 6.04 Å². The third-order valence-corrected chi connectivity index (χ3v) is 2.28. The Bertz CT molecular complexity index is 221. The van der Waals surface area contributed by atoms with Gasteiger partial charge in [-0.25, -0.2) is 0 Å². The van der Waals surface area contributed by atoms with Crippen LogP contribution < -0.4 is 16.4 Å². The first-order valence-corrected chi connectivity index (χ1v) is 5.51. The normalized spacial score (nSPS) is 12.1. The van der Waals surface area contributed by atoms with Crippen LogP contribution in [0.25, 0.3) is 0 Å². The van der Waals surface area contributed by atoms with Crippen LogP contribution in [-0.2, 0) is 9.59 Å². The van der Waals surface area contributed by atoms with Crippen molar-refractivity contribution in [2.75, 3.05) is 20.1 Å². The zero-order valence-electron chi connectivity index (χ0n) is 9.71. The molecule has 1 atom stereocenters. The van der Waals surface area contributed by atoms with Gasteiger partial charge in [-0.2, -0.15) is 0 Å². The van der Waals surface area contributed by atoms with Crippen LogP contribution in [0.2, 0.25) is 0 Å². The predicted molar refractivity (Wildman–Crippen MR) is 62.0 cm³/mol. The van der Waals surface area contributed by atoms with Gasteiger partial charge in [0.25, 0.3) is 0 Å². The summed E-state index contributed by atoms with van der Waals surface area (Å²) in [6.07, 6.45) is 2.59. The highest BCUT2D eigenvalue weighted by Gasteiger charge is 2.21. The number of carbonyl (C=O) groups is 2.